The lowest BCUT2D eigenvalue weighted by Gasteiger charge is -2.26. The zero-order valence-corrected chi connectivity index (χ0v) is 10.2. The molecule has 1 aliphatic rings. The zero-order chi connectivity index (χ0) is 13.9. The number of halogens is 3. The Bertz CT molecular complexity index is 438. The largest absolute Gasteiger partial charge is 0.573 e. The molecule has 1 aromatic carbocycles. The third-order valence-corrected chi connectivity index (χ3v) is 2.94. The second kappa shape index (κ2) is 5.61. The van der Waals surface area contributed by atoms with E-state index >= 15 is 0 Å². The van der Waals surface area contributed by atoms with Gasteiger partial charge in [0.1, 0.15) is 11.5 Å². The first-order valence-corrected chi connectivity index (χ1v) is 5.99. The Balaban J connectivity index is 1.85. The minimum Gasteiger partial charge on any atom is -0.406 e. The molecule has 19 heavy (non-hydrogen) atoms. The van der Waals surface area contributed by atoms with Crippen LogP contribution in [0, 0.1) is 5.92 Å². The maximum atomic E-state index is 12.0. The first-order valence-electron chi connectivity index (χ1n) is 5.99. The number of carbonyl (C=O) groups is 1. The molecule has 0 atom stereocenters. The predicted molar refractivity (Wildman–Crippen MR) is 62.8 cm³/mol. The van der Waals surface area contributed by atoms with Crippen molar-refractivity contribution in [3.63, 3.8) is 0 Å². The van der Waals surface area contributed by atoms with Crippen molar-refractivity contribution in [2.24, 2.45) is 5.92 Å². The molecule has 2 rings (SSSR count). The topological polar surface area (TPSA) is 38.3 Å². The van der Waals surface area contributed by atoms with Crippen LogP contribution in [-0.4, -0.2) is 25.2 Å². The highest BCUT2D eigenvalue weighted by Crippen LogP contribution is 2.23. The SMILES string of the molecule is O=C(Cc1ccc(OC(F)(F)F)cc1)CC1CNC1. The summed E-state index contributed by atoms with van der Waals surface area (Å²) >= 11 is 0. The number of benzene rings is 1. The monoisotopic (exact) mass is 273 g/mol. The fourth-order valence-corrected chi connectivity index (χ4v) is 1.92. The van der Waals surface area contributed by atoms with E-state index in [-0.39, 0.29) is 18.0 Å². The number of rotatable bonds is 5. The van der Waals surface area contributed by atoms with E-state index in [1.165, 1.54) is 24.3 Å². The fraction of sp³-hybridized carbons (Fsp3) is 0.462. The molecule has 1 saturated heterocycles. The lowest BCUT2D eigenvalue weighted by atomic mass is 9.94. The summed E-state index contributed by atoms with van der Waals surface area (Å²) in [5.74, 6) is 0.239. The molecule has 0 aromatic heterocycles. The first kappa shape index (κ1) is 13.9. The minimum atomic E-state index is -4.69. The number of hydrogen-bond donors (Lipinski definition) is 1. The first-order chi connectivity index (χ1) is 8.92. The average molecular weight is 273 g/mol. The van der Waals surface area contributed by atoms with E-state index in [9.17, 15) is 18.0 Å². The molecule has 1 aliphatic heterocycles. The molecular formula is C13H14F3NO2. The third-order valence-electron chi connectivity index (χ3n) is 2.94. The molecule has 1 aromatic rings. The van der Waals surface area contributed by atoms with Gasteiger partial charge >= 0.3 is 6.36 Å². The lowest BCUT2D eigenvalue weighted by Crippen LogP contribution is -2.43. The van der Waals surface area contributed by atoms with Crippen molar-refractivity contribution in [2.45, 2.75) is 19.2 Å². The maximum Gasteiger partial charge on any atom is 0.573 e. The summed E-state index contributed by atoms with van der Waals surface area (Å²) in [5.41, 5.74) is 0.701. The normalized spacial score (nSPS) is 15.9. The molecule has 0 aliphatic carbocycles. The van der Waals surface area contributed by atoms with Gasteiger partial charge in [0.15, 0.2) is 0 Å². The summed E-state index contributed by atoms with van der Waals surface area (Å²) in [7, 11) is 0. The van der Waals surface area contributed by atoms with E-state index in [1.807, 2.05) is 0 Å². The van der Waals surface area contributed by atoms with Crippen LogP contribution in [0.4, 0.5) is 13.2 Å². The van der Waals surface area contributed by atoms with Gasteiger partial charge in [-0.3, -0.25) is 4.79 Å². The molecule has 1 N–H and O–H groups in total. The fourth-order valence-electron chi connectivity index (χ4n) is 1.92. The Labute approximate surface area is 108 Å². The molecule has 0 spiro atoms. The van der Waals surface area contributed by atoms with Crippen LogP contribution in [0.5, 0.6) is 5.75 Å². The van der Waals surface area contributed by atoms with Crippen molar-refractivity contribution in [3.05, 3.63) is 29.8 Å². The molecular weight excluding hydrogens is 259 g/mol. The quantitative estimate of drug-likeness (QED) is 0.894. The van der Waals surface area contributed by atoms with Gasteiger partial charge in [0.05, 0.1) is 0 Å². The molecule has 0 amide bonds. The number of carbonyl (C=O) groups excluding carboxylic acids is 1. The van der Waals surface area contributed by atoms with Crippen LogP contribution in [0.15, 0.2) is 24.3 Å². The summed E-state index contributed by atoms with van der Waals surface area (Å²) in [6.45, 7) is 1.73. The van der Waals surface area contributed by atoms with E-state index in [4.69, 9.17) is 0 Å². The molecule has 0 bridgehead atoms. The van der Waals surface area contributed by atoms with E-state index in [0.717, 1.165) is 13.1 Å². The number of nitrogens with one attached hydrogen (secondary N) is 1. The second-order valence-electron chi connectivity index (χ2n) is 4.64. The molecule has 104 valence electrons. The molecule has 0 saturated carbocycles. The lowest BCUT2D eigenvalue weighted by molar-refractivity contribution is -0.274. The number of Topliss-reactive ketones (excluding diaryl/α,β-unsaturated/α-hetero) is 1. The van der Waals surface area contributed by atoms with Gasteiger partial charge in [-0.05, 0) is 36.7 Å². The third kappa shape index (κ3) is 4.55. The van der Waals surface area contributed by atoms with E-state index in [2.05, 4.69) is 10.1 Å². The highest BCUT2D eigenvalue weighted by atomic mass is 19.4. The summed E-state index contributed by atoms with van der Waals surface area (Å²) in [4.78, 5) is 11.7. The molecule has 1 heterocycles. The van der Waals surface area contributed by atoms with Crippen LogP contribution in [0.3, 0.4) is 0 Å². The Kier molecular flexibility index (Phi) is 4.09. The van der Waals surface area contributed by atoms with Crippen LogP contribution >= 0.6 is 0 Å². The number of hydrogen-bond acceptors (Lipinski definition) is 3. The molecule has 1 fully saturated rings. The number of ketones is 1. The van der Waals surface area contributed by atoms with E-state index in [0.29, 0.717) is 17.9 Å². The Morgan fingerprint density at radius 1 is 1.26 bits per heavy atom. The van der Waals surface area contributed by atoms with Crippen molar-refractivity contribution in [2.75, 3.05) is 13.1 Å². The van der Waals surface area contributed by atoms with Gasteiger partial charge in [-0.15, -0.1) is 13.2 Å². The molecule has 3 nitrogen and oxygen atoms in total. The Morgan fingerprint density at radius 2 is 1.89 bits per heavy atom. The van der Waals surface area contributed by atoms with Crippen molar-refractivity contribution >= 4 is 5.78 Å². The van der Waals surface area contributed by atoms with Gasteiger partial charge in [-0.1, -0.05) is 12.1 Å². The predicted octanol–water partition coefficient (Wildman–Crippen LogP) is 2.31. The van der Waals surface area contributed by atoms with Crippen LogP contribution in [0.25, 0.3) is 0 Å². The highest BCUT2D eigenvalue weighted by molar-refractivity contribution is 5.81. The van der Waals surface area contributed by atoms with Crippen LogP contribution in [-0.2, 0) is 11.2 Å². The average Bonchev–Trinajstić information content (AvgIpc) is 2.24. The van der Waals surface area contributed by atoms with Gasteiger partial charge in [-0.2, -0.15) is 0 Å². The van der Waals surface area contributed by atoms with Crippen molar-refractivity contribution in [1.29, 1.82) is 0 Å². The smallest absolute Gasteiger partial charge is 0.406 e. The molecule has 6 heteroatoms. The van der Waals surface area contributed by atoms with Gasteiger partial charge in [0.25, 0.3) is 0 Å². The summed E-state index contributed by atoms with van der Waals surface area (Å²) in [5, 5.41) is 3.08. The summed E-state index contributed by atoms with van der Waals surface area (Å²) < 4.78 is 39.6. The van der Waals surface area contributed by atoms with Crippen LogP contribution in [0.1, 0.15) is 12.0 Å². The zero-order valence-electron chi connectivity index (χ0n) is 10.2. The Hall–Kier alpha value is -1.56. The summed E-state index contributed by atoms with van der Waals surface area (Å²) in [6, 6.07) is 5.41. The number of alkyl halides is 3. The molecule has 0 unspecified atom stereocenters. The van der Waals surface area contributed by atoms with E-state index in [1.54, 1.807) is 0 Å². The van der Waals surface area contributed by atoms with Gasteiger partial charge < -0.3 is 10.1 Å². The van der Waals surface area contributed by atoms with Gasteiger partial charge in [0, 0.05) is 12.8 Å². The van der Waals surface area contributed by atoms with Crippen LogP contribution < -0.4 is 10.1 Å². The summed E-state index contributed by atoms with van der Waals surface area (Å²) in [6.07, 6.45) is -3.91. The van der Waals surface area contributed by atoms with E-state index < -0.39 is 6.36 Å². The van der Waals surface area contributed by atoms with Crippen LogP contribution in [0.2, 0.25) is 0 Å². The van der Waals surface area contributed by atoms with Gasteiger partial charge in [0.2, 0.25) is 0 Å². The maximum absolute atomic E-state index is 12.0. The Morgan fingerprint density at radius 3 is 2.37 bits per heavy atom. The van der Waals surface area contributed by atoms with Crippen molar-refractivity contribution in [1.82, 2.24) is 5.32 Å². The second-order valence-corrected chi connectivity index (χ2v) is 4.64. The number of ether oxygens (including phenoxy) is 1. The standard InChI is InChI=1S/C13H14F3NO2/c14-13(15,16)19-12-3-1-9(2-4-12)5-11(18)6-10-7-17-8-10/h1-4,10,17H,5-8H2. The van der Waals surface area contributed by atoms with Crippen molar-refractivity contribution < 1.29 is 22.7 Å². The van der Waals surface area contributed by atoms with Crippen molar-refractivity contribution in [3.8, 4) is 5.75 Å². The molecule has 0 radical (unpaired) electrons. The minimum absolute atomic E-state index is 0.107. The highest BCUT2D eigenvalue weighted by Gasteiger charge is 2.31. The van der Waals surface area contributed by atoms with Gasteiger partial charge in [-0.25, -0.2) is 0 Å².